The molecule has 0 atom stereocenters. The van der Waals surface area contributed by atoms with E-state index in [0.29, 0.717) is 24.6 Å². The van der Waals surface area contributed by atoms with Gasteiger partial charge in [0.05, 0.1) is 17.3 Å². The fourth-order valence-corrected chi connectivity index (χ4v) is 3.42. The van der Waals surface area contributed by atoms with E-state index < -0.39 is 0 Å². The lowest BCUT2D eigenvalue weighted by Crippen LogP contribution is -2.48. The van der Waals surface area contributed by atoms with Crippen LogP contribution in [-0.4, -0.2) is 47.0 Å². The molecule has 1 aliphatic heterocycles. The number of aromatic nitrogens is 2. The Balaban J connectivity index is 1.64. The molecule has 1 saturated heterocycles. The van der Waals surface area contributed by atoms with E-state index >= 15 is 0 Å². The van der Waals surface area contributed by atoms with Crippen LogP contribution in [0.4, 0.5) is 17.5 Å². The van der Waals surface area contributed by atoms with Crippen LogP contribution in [0.15, 0.2) is 60.7 Å². The molecule has 0 bridgehead atoms. The van der Waals surface area contributed by atoms with E-state index in [9.17, 15) is 4.79 Å². The molecule has 7 nitrogen and oxygen atoms in total. The molecule has 2 heterocycles. The van der Waals surface area contributed by atoms with E-state index in [-0.39, 0.29) is 5.91 Å². The molecule has 1 N–H and O–H groups in total. The van der Waals surface area contributed by atoms with Gasteiger partial charge in [-0.05, 0) is 24.3 Å². The number of benzene rings is 2. The molecule has 4 rings (SSSR count). The first-order chi connectivity index (χ1) is 14.6. The van der Waals surface area contributed by atoms with Gasteiger partial charge < -0.3 is 15.1 Å². The van der Waals surface area contributed by atoms with Crippen molar-refractivity contribution in [2.75, 3.05) is 36.4 Å². The number of nitrogens with one attached hydrogen (secondary N) is 1. The highest BCUT2D eigenvalue weighted by Crippen LogP contribution is 2.25. The maximum Gasteiger partial charge on any atom is 0.229 e. The standard InChI is InChI=1S/C23H22N6O/c1-17(30)28-11-13-29(14-12-28)22-15-21(19-5-3-2-4-6-19)26-23(27-22)25-20-9-7-18(16-24)8-10-20/h2-10,15H,11-14H2,1H3,(H,25,26,27). The highest BCUT2D eigenvalue weighted by molar-refractivity contribution is 5.73. The molecule has 1 amide bonds. The number of piperazine rings is 1. The van der Waals surface area contributed by atoms with Crippen molar-refractivity contribution >= 4 is 23.4 Å². The first kappa shape index (κ1) is 19.4. The number of carbonyl (C=O) groups is 1. The van der Waals surface area contributed by atoms with Crippen LogP contribution in [0.1, 0.15) is 12.5 Å². The average molecular weight is 398 g/mol. The van der Waals surface area contributed by atoms with Crippen molar-refractivity contribution in [1.82, 2.24) is 14.9 Å². The minimum absolute atomic E-state index is 0.102. The highest BCUT2D eigenvalue weighted by atomic mass is 16.2. The van der Waals surface area contributed by atoms with Crippen LogP contribution in [0.5, 0.6) is 0 Å². The lowest BCUT2D eigenvalue weighted by atomic mass is 10.1. The van der Waals surface area contributed by atoms with Gasteiger partial charge in [0.15, 0.2) is 0 Å². The van der Waals surface area contributed by atoms with Crippen LogP contribution in [0.3, 0.4) is 0 Å². The zero-order valence-corrected chi connectivity index (χ0v) is 16.7. The number of carbonyl (C=O) groups excluding carboxylic acids is 1. The Kier molecular flexibility index (Phi) is 5.57. The summed E-state index contributed by atoms with van der Waals surface area (Å²) in [6.45, 7) is 4.41. The largest absolute Gasteiger partial charge is 0.353 e. The van der Waals surface area contributed by atoms with Crippen LogP contribution in [-0.2, 0) is 4.79 Å². The molecule has 30 heavy (non-hydrogen) atoms. The van der Waals surface area contributed by atoms with E-state index in [2.05, 4.69) is 16.3 Å². The molecule has 0 spiro atoms. The summed E-state index contributed by atoms with van der Waals surface area (Å²) < 4.78 is 0. The third-order valence-electron chi connectivity index (χ3n) is 5.10. The Hall–Kier alpha value is -3.92. The summed E-state index contributed by atoms with van der Waals surface area (Å²) in [5.41, 5.74) is 3.24. The van der Waals surface area contributed by atoms with E-state index in [1.807, 2.05) is 53.4 Å². The van der Waals surface area contributed by atoms with E-state index in [4.69, 9.17) is 15.2 Å². The summed E-state index contributed by atoms with van der Waals surface area (Å²) in [5.74, 6) is 1.42. The van der Waals surface area contributed by atoms with Gasteiger partial charge in [0.2, 0.25) is 11.9 Å². The minimum atomic E-state index is 0.102. The minimum Gasteiger partial charge on any atom is -0.353 e. The maximum atomic E-state index is 11.6. The molecular weight excluding hydrogens is 376 g/mol. The zero-order chi connectivity index (χ0) is 20.9. The predicted molar refractivity (Wildman–Crippen MR) is 116 cm³/mol. The van der Waals surface area contributed by atoms with Crippen molar-refractivity contribution in [2.24, 2.45) is 0 Å². The highest BCUT2D eigenvalue weighted by Gasteiger charge is 2.21. The Bertz CT molecular complexity index is 1070. The Labute approximate surface area is 175 Å². The van der Waals surface area contributed by atoms with Gasteiger partial charge in [-0.3, -0.25) is 4.79 Å². The molecular formula is C23H22N6O. The second-order valence-corrected chi connectivity index (χ2v) is 7.11. The molecule has 0 radical (unpaired) electrons. The van der Waals surface area contributed by atoms with E-state index in [1.54, 1.807) is 19.1 Å². The fourth-order valence-electron chi connectivity index (χ4n) is 3.42. The Morgan fingerprint density at radius 1 is 1.00 bits per heavy atom. The van der Waals surface area contributed by atoms with Crippen molar-refractivity contribution in [3.05, 3.63) is 66.2 Å². The molecule has 150 valence electrons. The quantitative estimate of drug-likeness (QED) is 0.725. The third-order valence-corrected chi connectivity index (χ3v) is 5.10. The normalized spacial score (nSPS) is 13.6. The fraction of sp³-hybridized carbons (Fsp3) is 0.217. The average Bonchev–Trinajstić information content (AvgIpc) is 2.80. The van der Waals surface area contributed by atoms with E-state index in [0.717, 1.165) is 35.9 Å². The molecule has 1 fully saturated rings. The number of rotatable bonds is 4. The number of nitriles is 1. The van der Waals surface area contributed by atoms with Crippen LogP contribution >= 0.6 is 0 Å². The molecule has 2 aromatic carbocycles. The van der Waals surface area contributed by atoms with Gasteiger partial charge in [-0.1, -0.05) is 30.3 Å². The molecule has 7 heteroatoms. The first-order valence-corrected chi connectivity index (χ1v) is 9.84. The van der Waals surface area contributed by atoms with Crippen LogP contribution in [0.25, 0.3) is 11.3 Å². The number of nitrogens with zero attached hydrogens (tertiary/aromatic N) is 5. The van der Waals surface area contributed by atoms with Gasteiger partial charge >= 0.3 is 0 Å². The van der Waals surface area contributed by atoms with Gasteiger partial charge in [-0.2, -0.15) is 10.2 Å². The molecule has 3 aromatic rings. The van der Waals surface area contributed by atoms with Gasteiger partial charge in [-0.25, -0.2) is 4.98 Å². The number of hydrogen-bond acceptors (Lipinski definition) is 6. The first-order valence-electron chi connectivity index (χ1n) is 9.84. The molecule has 1 aliphatic rings. The summed E-state index contributed by atoms with van der Waals surface area (Å²) in [6.07, 6.45) is 0. The number of amides is 1. The van der Waals surface area contributed by atoms with Crippen LogP contribution in [0.2, 0.25) is 0 Å². The van der Waals surface area contributed by atoms with Gasteiger partial charge in [0, 0.05) is 50.4 Å². The summed E-state index contributed by atoms with van der Waals surface area (Å²) in [5, 5.41) is 12.2. The summed E-state index contributed by atoms with van der Waals surface area (Å²) >= 11 is 0. The molecule has 0 saturated carbocycles. The topological polar surface area (TPSA) is 85.2 Å². The number of anilines is 3. The molecule has 0 aliphatic carbocycles. The van der Waals surface area contributed by atoms with E-state index in [1.165, 1.54) is 0 Å². The molecule has 0 unspecified atom stereocenters. The number of hydrogen-bond donors (Lipinski definition) is 1. The maximum absolute atomic E-state index is 11.6. The lowest BCUT2D eigenvalue weighted by Gasteiger charge is -2.35. The zero-order valence-electron chi connectivity index (χ0n) is 16.7. The van der Waals surface area contributed by atoms with Gasteiger partial charge in [-0.15, -0.1) is 0 Å². The summed E-state index contributed by atoms with van der Waals surface area (Å²) in [7, 11) is 0. The van der Waals surface area contributed by atoms with Gasteiger partial charge in [0.25, 0.3) is 0 Å². The molecule has 1 aromatic heterocycles. The van der Waals surface area contributed by atoms with Crippen LogP contribution in [0, 0.1) is 11.3 Å². The Morgan fingerprint density at radius 3 is 2.33 bits per heavy atom. The summed E-state index contributed by atoms with van der Waals surface area (Å²) in [4.78, 5) is 25.1. The van der Waals surface area contributed by atoms with Crippen LogP contribution < -0.4 is 10.2 Å². The van der Waals surface area contributed by atoms with Crippen molar-refractivity contribution in [2.45, 2.75) is 6.92 Å². The van der Waals surface area contributed by atoms with Gasteiger partial charge in [0.1, 0.15) is 5.82 Å². The Morgan fingerprint density at radius 2 is 1.70 bits per heavy atom. The van der Waals surface area contributed by atoms with Crippen molar-refractivity contribution < 1.29 is 4.79 Å². The monoisotopic (exact) mass is 398 g/mol. The third kappa shape index (κ3) is 4.39. The lowest BCUT2D eigenvalue weighted by molar-refractivity contribution is -0.129. The summed E-state index contributed by atoms with van der Waals surface area (Å²) in [6, 6.07) is 21.3. The SMILES string of the molecule is CC(=O)N1CCN(c2cc(-c3ccccc3)nc(Nc3ccc(C#N)cc3)n2)CC1. The second-order valence-electron chi connectivity index (χ2n) is 7.11. The predicted octanol–water partition coefficient (Wildman–Crippen LogP) is 3.43. The van der Waals surface area contributed by atoms with Crippen molar-refractivity contribution in [3.8, 4) is 17.3 Å². The van der Waals surface area contributed by atoms with Crippen molar-refractivity contribution in [1.29, 1.82) is 5.26 Å². The second kappa shape index (κ2) is 8.62. The smallest absolute Gasteiger partial charge is 0.229 e. The van der Waals surface area contributed by atoms with Crippen molar-refractivity contribution in [3.63, 3.8) is 0 Å².